The molecule has 2 aliphatic rings. The molecule has 1 aliphatic carbocycles. The van der Waals surface area contributed by atoms with Gasteiger partial charge >= 0.3 is 0 Å². The third-order valence-corrected chi connectivity index (χ3v) is 8.15. The van der Waals surface area contributed by atoms with Crippen LogP contribution in [0.3, 0.4) is 0 Å². The minimum Gasteiger partial charge on any atom is -0.464 e. The molecule has 1 aromatic heterocycles. The number of halogens is 2. The van der Waals surface area contributed by atoms with Crippen molar-refractivity contribution in [1.29, 1.82) is 0 Å². The van der Waals surface area contributed by atoms with Crippen LogP contribution in [0.5, 0.6) is 5.19 Å². The first-order chi connectivity index (χ1) is 16.7. The van der Waals surface area contributed by atoms with Gasteiger partial charge in [-0.1, -0.05) is 60.1 Å². The third-order valence-electron chi connectivity index (χ3n) is 7.08. The lowest BCUT2D eigenvalue weighted by Crippen LogP contribution is -2.32. The number of nitrogens with zero attached hydrogens (tertiary/aromatic N) is 2. The molecule has 1 aliphatic heterocycles. The lowest BCUT2D eigenvalue weighted by molar-refractivity contribution is -0.115. The largest absolute Gasteiger partial charge is 0.464 e. The van der Waals surface area contributed by atoms with Crippen molar-refractivity contribution in [1.82, 2.24) is 9.88 Å². The molecular weight excluding hydrogens is 466 g/mol. The summed E-state index contributed by atoms with van der Waals surface area (Å²) in [7, 11) is 0. The van der Waals surface area contributed by atoms with E-state index < -0.39 is 12.5 Å². The number of hydrogen-bond acceptors (Lipinski definition) is 5. The Morgan fingerprint density at radius 3 is 2.63 bits per heavy atom. The number of thiazole rings is 1. The molecule has 0 spiro atoms. The second-order valence-electron chi connectivity index (χ2n) is 10.3. The molecule has 2 aromatic rings. The average molecular weight is 503 g/mol. The molecule has 1 aromatic carbocycles. The molecule has 1 fully saturated rings. The van der Waals surface area contributed by atoms with Crippen molar-refractivity contribution in [3.63, 3.8) is 0 Å². The molecule has 2 heterocycles. The number of rotatable bonds is 10. The number of alkyl halides is 2. The SMILES string of the molecule is Cc1ccc(/C=C/C(=O)CC2CCC(CCN3CCc4sc(OCC(C)(F)F)nc4C3)CC2)cc1. The number of ether oxygens (including phenoxy) is 1. The minimum atomic E-state index is -2.84. The van der Waals surface area contributed by atoms with E-state index in [0.29, 0.717) is 23.5 Å². The highest BCUT2D eigenvalue weighted by atomic mass is 32.1. The van der Waals surface area contributed by atoms with E-state index in [2.05, 4.69) is 28.9 Å². The zero-order chi connectivity index (χ0) is 24.8. The molecule has 190 valence electrons. The molecule has 0 amide bonds. The van der Waals surface area contributed by atoms with Crippen molar-refractivity contribution in [3.8, 4) is 5.19 Å². The Hall–Kier alpha value is -2.12. The lowest BCUT2D eigenvalue weighted by Gasteiger charge is -2.31. The Morgan fingerprint density at radius 2 is 1.91 bits per heavy atom. The minimum absolute atomic E-state index is 0.229. The van der Waals surface area contributed by atoms with Gasteiger partial charge in [-0.05, 0) is 62.6 Å². The first kappa shape index (κ1) is 26.0. The molecule has 7 heteroatoms. The van der Waals surface area contributed by atoms with Gasteiger partial charge in [-0.3, -0.25) is 9.69 Å². The van der Waals surface area contributed by atoms with Gasteiger partial charge in [0.2, 0.25) is 0 Å². The van der Waals surface area contributed by atoms with E-state index in [9.17, 15) is 13.6 Å². The standard InChI is InChI=1S/C28H36F2N2O2S/c1-20-3-5-21(6-4-20)11-12-24(33)17-23-9-7-22(8-10-23)13-15-32-16-14-26-25(18-32)31-27(35-26)34-19-28(2,29)30/h3-6,11-12,22-23H,7-10,13-19H2,1-2H3/b12-11+. The van der Waals surface area contributed by atoms with Gasteiger partial charge in [-0.25, -0.2) is 13.8 Å². The van der Waals surface area contributed by atoms with Crippen LogP contribution in [0.25, 0.3) is 6.08 Å². The van der Waals surface area contributed by atoms with Gasteiger partial charge in [0.05, 0.1) is 5.69 Å². The number of fused-ring (bicyclic) bond motifs is 1. The topological polar surface area (TPSA) is 42.4 Å². The quantitative estimate of drug-likeness (QED) is 0.339. The number of ketones is 1. The summed E-state index contributed by atoms with van der Waals surface area (Å²) in [6.45, 7) is 5.08. The van der Waals surface area contributed by atoms with Crippen LogP contribution in [0, 0.1) is 18.8 Å². The summed E-state index contributed by atoms with van der Waals surface area (Å²) >= 11 is 1.41. The average Bonchev–Trinajstić information content (AvgIpc) is 3.24. The Morgan fingerprint density at radius 1 is 1.20 bits per heavy atom. The molecule has 0 saturated heterocycles. The van der Waals surface area contributed by atoms with Crippen LogP contribution < -0.4 is 4.74 Å². The number of hydrogen-bond donors (Lipinski definition) is 0. The number of aryl methyl sites for hydroxylation is 1. The Bertz CT molecular complexity index is 1000. The van der Waals surface area contributed by atoms with Crippen molar-refractivity contribution >= 4 is 23.2 Å². The second kappa shape index (κ2) is 11.7. The maximum absolute atomic E-state index is 13.1. The highest BCUT2D eigenvalue weighted by molar-refractivity contribution is 7.13. The van der Waals surface area contributed by atoms with Gasteiger partial charge in [-0.15, -0.1) is 0 Å². The molecule has 4 rings (SSSR count). The van der Waals surface area contributed by atoms with Crippen LogP contribution in [0.4, 0.5) is 8.78 Å². The second-order valence-corrected chi connectivity index (χ2v) is 11.4. The van der Waals surface area contributed by atoms with Gasteiger partial charge in [0, 0.05) is 31.3 Å². The Balaban J connectivity index is 1.15. The van der Waals surface area contributed by atoms with Gasteiger partial charge in [0.1, 0.15) is 0 Å². The molecule has 35 heavy (non-hydrogen) atoms. The maximum atomic E-state index is 13.1. The smallest absolute Gasteiger partial charge is 0.278 e. The third kappa shape index (κ3) is 8.21. The monoisotopic (exact) mass is 502 g/mol. The normalized spacial score (nSPS) is 21.3. The van der Waals surface area contributed by atoms with Crippen LogP contribution in [0.15, 0.2) is 30.3 Å². The first-order valence-electron chi connectivity index (χ1n) is 12.7. The van der Waals surface area contributed by atoms with Gasteiger partial charge in [0.25, 0.3) is 11.1 Å². The van der Waals surface area contributed by atoms with E-state index in [1.807, 2.05) is 18.2 Å². The van der Waals surface area contributed by atoms with Crippen LogP contribution in [-0.2, 0) is 17.8 Å². The van der Waals surface area contributed by atoms with E-state index >= 15 is 0 Å². The number of allylic oxidation sites excluding steroid dienone is 1. The Kier molecular flexibility index (Phi) is 8.71. The van der Waals surface area contributed by atoms with E-state index in [-0.39, 0.29) is 5.78 Å². The molecule has 4 nitrogen and oxygen atoms in total. The summed E-state index contributed by atoms with van der Waals surface area (Å²) in [6.07, 6.45) is 11.0. The number of carbonyl (C=O) groups excluding carboxylic acids is 1. The van der Waals surface area contributed by atoms with E-state index in [1.54, 1.807) is 6.08 Å². The highest BCUT2D eigenvalue weighted by Gasteiger charge is 2.27. The fourth-order valence-electron chi connectivity index (χ4n) is 4.98. The molecule has 0 N–H and O–H groups in total. The first-order valence-corrected chi connectivity index (χ1v) is 13.5. The zero-order valence-corrected chi connectivity index (χ0v) is 21.6. The highest BCUT2D eigenvalue weighted by Crippen LogP contribution is 2.34. The maximum Gasteiger partial charge on any atom is 0.278 e. The summed E-state index contributed by atoms with van der Waals surface area (Å²) in [5.41, 5.74) is 3.28. The van der Waals surface area contributed by atoms with E-state index in [4.69, 9.17) is 4.74 Å². The number of carbonyl (C=O) groups is 1. The zero-order valence-electron chi connectivity index (χ0n) is 20.8. The molecule has 0 atom stereocenters. The predicted molar refractivity (Wildman–Crippen MR) is 137 cm³/mol. The summed E-state index contributed by atoms with van der Waals surface area (Å²) in [5.74, 6) is -1.40. The summed E-state index contributed by atoms with van der Waals surface area (Å²) in [5, 5.41) is 0.361. The summed E-state index contributed by atoms with van der Waals surface area (Å²) in [4.78, 5) is 20.5. The molecule has 0 radical (unpaired) electrons. The summed E-state index contributed by atoms with van der Waals surface area (Å²) < 4.78 is 31.3. The van der Waals surface area contributed by atoms with Crippen LogP contribution in [0.1, 0.15) is 67.1 Å². The van der Waals surface area contributed by atoms with E-state index in [1.165, 1.54) is 36.2 Å². The lowest BCUT2D eigenvalue weighted by atomic mass is 9.78. The van der Waals surface area contributed by atoms with E-state index in [0.717, 1.165) is 62.0 Å². The Labute approximate surface area is 211 Å². The fourth-order valence-corrected chi connectivity index (χ4v) is 5.88. The van der Waals surface area contributed by atoms with Crippen molar-refractivity contribution in [2.45, 2.75) is 71.3 Å². The molecule has 1 saturated carbocycles. The summed E-state index contributed by atoms with van der Waals surface area (Å²) in [6, 6.07) is 8.21. The van der Waals surface area contributed by atoms with Gasteiger partial charge < -0.3 is 4.74 Å². The number of aromatic nitrogens is 1. The van der Waals surface area contributed by atoms with Crippen molar-refractivity contribution in [2.24, 2.45) is 11.8 Å². The van der Waals surface area contributed by atoms with Gasteiger partial charge in [0.15, 0.2) is 12.4 Å². The van der Waals surface area contributed by atoms with Crippen LogP contribution >= 0.6 is 11.3 Å². The molecule has 0 bridgehead atoms. The van der Waals surface area contributed by atoms with Crippen molar-refractivity contribution in [2.75, 3.05) is 19.7 Å². The van der Waals surface area contributed by atoms with Crippen molar-refractivity contribution in [3.05, 3.63) is 52.0 Å². The van der Waals surface area contributed by atoms with Crippen LogP contribution in [0.2, 0.25) is 0 Å². The fraction of sp³-hybridized carbons (Fsp3) is 0.571. The molecular formula is C28H36F2N2O2S. The predicted octanol–water partition coefficient (Wildman–Crippen LogP) is 6.71. The van der Waals surface area contributed by atoms with Gasteiger partial charge in [-0.2, -0.15) is 0 Å². The number of benzene rings is 1. The van der Waals surface area contributed by atoms with Crippen LogP contribution in [-0.4, -0.2) is 41.3 Å². The van der Waals surface area contributed by atoms with Crippen molar-refractivity contribution < 1.29 is 18.3 Å². The molecule has 0 unspecified atom stereocenters.